The Morgan fingerprint density at radius 2 is 1.55 bits per heavy atom. The number of ether oxygens (including phenoxy) is 2. The average Bonchev–Trinajstić information content (AvgIpc) is 3.33. The molecule has 2 aliphatic heterocycles. The van der Waals surface area contributed by atoms with Gasteiger partial charge in [0.2, 0.25) is 5.78 Å². The number of carbonyl (C=O) groups is 1. The second-order valence-electron chi connectivity index (χ2n) is 7.30. The quantitative estimate of drug-likeness (QED) is 0.508. The Balaban J connectivity index is 1.74. The van der Waals surface area contributed by atoms with E-state index in [0.717, 1.165) is 31.7 Å². The van der Waals surface area contributed by atoms with Gasteiger partial charge in [0.25, 0.3) is 0 Å². The molecule has 2 aliphatic rings. The van der Waals surface area contributed by atoms with Crippen molar-refractivity contribution in [2.24, 2.45) is 0 Å². The van der Waals surface area contributed by atoms with Gasteiger partial charge in [-0.05, 0) is 36.1 Å². The largest absolute Gasteiger partial charge is 0.461 e. The van der Waals surface area contributed by atoms with Crippen LogP contribution in [0.25, 0.3) is 0 Å². The number of hydrogen-bond donors (Lipinski definition) is 0. The predicted molar refractivity (Wildman–Crippen MR) is 113 cm³/mol. The van der Waals surface area contributed by atoms with Crippen LogP contribution in [0, 0.1) is 0 Å². The van der Waals surface area contributed by atoms with Gasteiger partial charge in [-0.2, -0.15) is 0 Å². The fraction of sp³-hybridized carbons (Fsp3) is 0.500. The molecular weight excluding hydrogens is 388 g/mol. The van der Waals surface area contributed by atoms with Gasteiger partial charge in [0.05, 0.1) is 44.8 Å². The van der Waals surface area contributed by atoms with E-state index in [9.17, 15) is 4.79 Å². The number of benzene rings is 1. The first-order valence-corrected chi connectivity index (χ1v) is 11.4. The molecule has 2 atom stereocenters. The van der Waals surface area contributed by atoms with E-state index in [1.54, 1.807) is 30.2 Å². The standard InChI is InChI=1S/C22H28N2O4S/c1-29-18-6-4-17(5-7-18)20(23-8-13-26-14-9-23)21(24-10-15-27-16-11-24)22(25)19-3-2-12-28-19/h2-7,12,20-21H,8-11,13-16H2,1H3/t20-,21-/m0/s1. The third kappa shape index (κ3) is 4.75. The van der Waals surface area contributed by atoms with Gasteiger partial charge in [-0.1, -0.05) is 12.1 Å². The van der Waals surface area contributed by atoms with Crippen LogP contribution < -0.4 is 0 Å². The number of ketones is 1. The molecule has 3 heterocycles. The molecule has 29 heavy (non-hydrogen) atoms. The lowest BCUT2D eigenvalue weighted by Gasteiger charge is -2.44. The molecule has 2 aromatic rings. The normalized spacial score (nSPS) is 21.0. The molecule has 1 aromatic heterocycles. The fourth-order valence-corrected chi connectivity index (χ4v) is 4.59. The molecule has 4 rings (SSSR count). The number of furan rings is 1. The first-order valence-electron chi connectivity index (χ1n) is 10.1. The van der Waals surface area contributed by atoms with Crippen molar-refractivity contribution in [3.05, 3.63) is 54.0 Å². The van der Waals surface area contributed by atoms with E-state index >= 15 is 0 Å². The van der Waals surface area contributed by atoms with E-state index in [4.69, 9.17) is 13.9 Å². The number of Topliss-reactive ketones (excluding diaryl/α,β-unsaturated/α-hetero) is 1. The zero-order valence-electron chi connectivity index (χ0n) is 16.8. The summed E-state index contributed by atoms with van der Waals surface area (Å²) in [4.78, 5) is 19.5. The molecule has 0 saturated carbocycles. The summed E-state index contributed by atoms with van der Waals surface area (Å²) in [7, 11) is 0. The third-order valence-electron chi connectivity index (χ3n) is 5.67. The lowest BCUT2D eigenvalue weighted by molar-refractivity contribution is -0.0307. The first kappa shape index (κ1) is 20.6. The number of nitrogens with zero attached hydrogens (tertiary/aromatic N) is 2. The molecule has 0 amide bonds. The van der Waals surface area contributed by atoms with Crippen molar-refractivity contribution in [1.82, 2.24) is 9.80 Å². The maximum atomic E-state index is 13.6. The van der Waals surface area contributed by atoms with Crippen LogP contribution in [0.4, 0.5) is 0 Å². The molecule has 156 valence electrons. The molecule has 2 saturated heterocycles. The summed E-state index contributed by atoms with van der Waals surface area (Å²) >= 11 is 1.72. The lowest BCUT2D eigenvalue weighted by atomic mass is 9.91. The van der Waals surface area contributed by atoms with Crippen molar-refractivity contribution in [3.63, 3.8) is 0 Å². The van der Waals surface area contributed by atoms with E-state index in [-0.39, 0.29) is 17.9 Å². The fourth-order valence-electron chi connectivity index (χ4n) is 4.18. The minimum atomic E-state index is -0.330. The molecule has 1 aromatic carbocycles. The van der Waals surface area contributed by atoms with Gasteiger partial charge in [0, 0.05) is 31.1 Å². The SMILES string of the molecule is CSc1ccc([C@@H]([C@@H](C(=O)c2ccco2)N2CCOCC2)N2CCOCC2)cc1. The monoisotopic (exact) mass is 416 g/mol. The van der Waals surface area contributed by atoms with Crippen LogP contribution in [0.2, 0.25) is 0 Å². The topological polar surface area (TPSA) is 55.2 Å². The molecule has 0 N–H and O–H groups in total. The minimum Gasteiger partial charge on any atom is -0.461 e. The van der Waals surface area contributed by atoms with E-state index in [1.807, 2.05) is 0 Å². The van der Waals surface area contributed by atoms with E-state index in [2.05, 4.69) is 40.3 Å². The lowest BCUT2D eigenvalue weighted by Crippen LogP contribution is -2.55. The number of carbonyl (C=O) groups excluding carboxylic acids is 1. The highest BCUT2D eigenvalue weighted by atomic mass is 32.2. The Hall–Kier alpha value is -1.64. The predicted octanol–water partition coefficient (Wildman–Crippen LogP) is 2.96. The molecule has 0 bridgehead atoms. The van der Waals surface area contributed by atoms with E-state index in [1.165, 1.54) is 4.90 Å². The maximum Gasteiger partial charge on any atom is 0.216 e. The molecule has 0 aliphatic carbocycles. The van der Waals surface area contributed by atoms with Crippen molar-refractivity contribution >= 4 is 17.5 Å². The Morgan fingerprint density at radius 1 is 0.931 bits per heavy atom. The first-order chi connectivity index (χ1) is 14.3. The summed E-state index contributed by atoms with van der Waals surface area (Å²) in [5.41, 5.74) is 1.15. The highest BCUT2D eigenvalue weighted by Crippen LogP contribution is 2.32. The summed E-state index contributed by atoms with van der Waals surface area (Å²) in [5.74, 6) is 0.447. The van der Waals surface area contributed by atoms with Gasteiger partial charge in [0.15, 0.2) is 5.76 Å². The summed E-state index contributed by atoms with van der Waals surface area (Å²) in [6, 6.07) is 11.8. The molecule has 0 unspecified atom stereocenters. The van der Waals surface area contributed by atoms with Crippen LogP contribution >= 0.6 is 11.8 Å². The van der Waals surface area contributed by atoms with Gasteiger partial charge >= 0.3 is 0 Å². The van der Waals surface area contributed by atoms with Gasteiger partial charge in [-0.25, -0.2) is 0 Å². The summed E-state index contributed by atoms with van der Waals surface area (Å²) in [6.45, 7) is 5.74. The van der Waals surface area contributed by atoms with Crippen LogP contribution in [-0.4, -0.2) is 80.5 Å². The summed E-state index contributed by atoms with van der Waals surface area (Å²) in [5, 5.41) is 0. The van der Waals surface area contributed by atoms with Crippen molar-refractivity contribution in [1.29, 1.82) is 0 Å². The molecule has 0 spiro atoms. The van der Waals surface area contributed by atoms with E-state index < -0.39 is 0 Å². The van der Waals surface area contributed by atoms with Crippen LogP contribution in [0.15, 0.2) is 52.0 Å². The second-order valence-corrected chi connectivity index (χ2v) is 8.18. The van der Waals surface area contributed by atoms with Crippen molar-refractivity contribution in [2.75, 3.05) is 58.9 Å². The van der Waals surface area contributed by atoms with Crippen LogP contribution in [0.5, 0.6) is 0 Å². The Labute approximate surface area is 176 Å². The highest BCUT2D eigenvalue weighted by Gasteiger charge is 2.40. The number of thioether (sulfide) groups is 1. The van der Waals surface area contributed by atoms with Crippen LogP contribution in [0.1, 0.15) is 22.2 Å². The van der Waals surface area contributed by atoms with Gasteiger partial charge in [-0.3, -0.25) is 14.6 Å². The Bertz CT molecular complexity index is 769. The molecule has 0 radical (unpaired) electrons. The maximum absolute atomic E-state index is 13.6. The molecule has 6 nitrogen and oxygen atoms in total. The highest BCUT2D eigenvalue weighted by molar-refractivity contribution is 7.98. The third-order valence-corrected chi connectivity index (χ3v) is 6.41. The average molecular weight is 417 g/mol. The van der Waals surface area contributed by atoms with Crippen molar-refractivity contribution in [2.45, 2.75) is 17.0 Å². The zero-order valence-corrected chi connectivity index (χ0v) is 17.6. The van der Waals surface area contributed by atoms with Crippen molar-refractivity contribution in [3.8, 4) is 0 Å². The van der Waals surface area contributed by atoms with Gasteiger partial charge in [0.1, 0.15) is 0 Å². The van der Waals surface area contributed by atoms with Gasteiger partial charge < -0.3 is 13.9 Å². The van der Waals surface area contributed by atoms with Crippen LogP contribution in [-0.2, 0) is 9.47 Å². The molecule has 7 heteroatoms. The van der Waals surface area contributed by atoms with E-state index in [0.29, 0.717) is 32.2 Å². The number of morpholine rings is 2. The smallest absolute Gasteiger partial charge is 0.216 e. The van der Waals surface area contributed by atoms with Gasteiger partial charge in [-0.15, -0.1) is 11.8 Å². The number of rotatable bonds is 7. The zero-order chi connectivity index (χ0) is 20.1. The second kappa shape index (κ2) is 9.91. The summed E-state index contributed by atoms with van der Waals surface area (Å²) < 4.78 is 16.7. The summed E-state index contributed by atoms with van der Waals surface area (Å²) in [6.07, 6.45) is 3.64. The minimum absolute atomic E-state index is 0.0299. The molecular formula is C22H28N2O4S. The van der Waals surface area contributed by atoms with Crippen LogP contribution in [0.3, 0.4) is 0 Å². The number of hydrogen-bond acceptors (Lipinski definition) is 7. The Kier molecular flexibility index (Phi) is 7.05. The molecule has 2 fully saturated rings. The Morgan fingerprint density at radius 3 is 2.10 bits per heavy atom. The van der Waals surface area contributed by atoms with Crippen molar-refractivity contribution < 1.29 is 18.7 Å².